The number of aryl methyl sites for hydroxylation is 1. The predicted octanol–water partition coefficient (Wildman–Crippen LogP) is 4.25. The van der Waals surface area contributed by atoms with Gasteiger partial charge in [-0.2, -0.15) is 31.4 Å². The topological polar surface area (TPSA) is 96.2 Å². The van der Waals surface area contributed by atoms with E-state index in [0.717, 1.165) is 6.20 Å². The van der Waals surface area contributed by atoms with Crippen molar-refractivity contribution in [1.29, 1.82) is 0 Å². The second kappa shape index (κ2) is 9.10. The molecule has 8 nitrogen and oxygen atoms in total. The van der Waals surface area contributed by atoms with Gasteiger partial charge in [-0.15, -0.1) is 0 Å². The first-order valence-corrected chi connectivity index (χ1v) is 11.0. The van der Waals surface area contributed by atoms with Crippen LogP contribution in [0.5, 0.6) is 0 Å². The number of carbonyl (C=O) groups excluding carboxylic acids is 1. The van der Waals surface area contributed by atoms with Crippen LogP contribution >= 0.6 is 0 Å². The van der Waals surface area contributed by atoms with E-state index in [9.17, 15) is 36.2 Å². The van der Waals surface area contributed by atoms with Crippen molar-refractivity contribution in [3.63, 3.8) is 0 Å². The first-order chi connectivity index (χ1) is 17.1. The fourth-order valence-corrected chi connectivity index (χ4v) is 4.26. The van der Waals surface area contributed by atoms with Gasteiger partial charge in [-0.05, 0) is 38.5 Å². The van der Waals surface area contributed by atoms with Crippen molar-refractivity contribution in [2.45, 2.75) is 51.4 Å². The predicted molar refractivity (Wildman–Crippen MR) is 119 cm³/mol. The lowest BCUT2D eigenvalue weighted by Gasteiger charge is -2.30. The number of alkyl halides is 6. The van der Waals surface area contributed by atoms with Gasteiger partial charge in [0.1, 0.15) is 12.8 Å². The number of carbonyl (C=O) groups is 1. The quantitative estimate of drug-likeness (QED) is 0.367. The van der Waals surface area contributed by atoms with Crippen molar-refractivity contribution < 1.29 is 36.2 Å². The van der Waals surface area contributed by atoms with Crippen LogP contribution in [0.3, 0.4) is 0 Å². The van der Waals surface area contributed by atoms with Gasteiger partial charge in [0.2, 0.25) is 0 Å². The number of aliphatic hydroxyl groups is 1. The monoisotopic (exact) mass is 528 g/mol. The molecule has 0 aliphatic carbocycles. The Labute approximate surface area is 206 Å². The molecule has 0 saturated carbocycles. The van der Waals surface area contributed by atoms with E-state index in [-0.39, 0.29) is 16.8 Å². The van der Waals surface area contributed by atoms with Crippen molar-refractivity contribution in [2.24, 2.45) is 0 Å². The Bertz CT molecular complexity index is 1330. The minimum atomic E-state index is -4.52. The maximum atomic E-state index is 13.4. The summed E-state index contributed by atoms with van der Waals surface area (Å²) >= 11 is 0. The first kappa shape index (κ1) is 26.5. The van der Waals surface area contributed by atoms with Crippen LogP contribution in [0.4, 0.5) is 32.0 Å². The average Bonchev–Trinajstić information content (AvgIpc) is 3.29. The minimum absolute atomic E-state index is 0.0794. The number of hydrogen-bond acceptors (Lipinski definition) is 6. The van der Waals surface area contributed by atoms with Crippen molar-refractivity contribution in [2.75, 3.05) is 11.4 Å². The van der Waals surface area contributed by atoms with Gasteiger partial charge in [-0.25, -0.2) is 4.98 Å². The normalized spacial score (nSPS) is 16.3. The summed E-state index contributed by atoms with van der Waals surface area (Å²) in [6.07, 6.45) is -5.69. The van der Waals surface area contributed by atoms with Gasteiger partial charge in [0.25, 0.3) is 5.91 Å². The number of nitrogens with one attached hydrogen (secondary N) is 1. The van der Waals surface area contributed by atoms with E-state index < -0.39 is 43.1 Å². The number of aliphatic hydroxyl groups excluding tert-OH is 1. The molecular formula is C23H22F6N6O2. The first-order valence-electron chi connectivity index (χ1n) is 11.0. The van der Waals surface area contributed by atoms with Gasteiger partial charge in [-0.1, -0.05) is 0 Å². The van der Waals surface area contributed by atoms with E-state index in [2.05, 4.69) is 15.1 Å². The zero-order valence-corrected chi connectivity index (χ0v) is 19.8. The summed E-state index contributed by atoms with van der Waals surface area (Å²) in [6, 6.07) is 3.03. The second-order valence-electron chi connectivity index (χ2n) is 9.16. The van der Waals surface area contributed by atoms with Crippen LogP contribution < -0.4 is 10.2 Å². The van der Waals surface area contributed by atoms with Gasteiger partial charge >= 0.3 is 12.4 Å². The molecule has 1 unspecified atom stereocenters. The molecule has 4 rings (SSSR count). The molecule has 14 heteroatoms. The molecule has 0 fully saturated rings. The molecule has 3 aromatic heterocycles. The molecule has 1 aliphatic heterocycles. The zero-order valence-electron chi connectivity index (χ0n) is 19.8. The lowest BCUT2D eigenvalue weighted by molar-refractivity contribution is -0.142. The van der Waals surface area contributed by atoms with Crippen molar-refractivity contribution in [1.82, 2.24) is 25.1 Å². The Morgan fingerprint density at radius 2 is 1.78 bits per heavy atom. The van der Waals surface area contributed by atoms with Crippen LogP contribution in [0.2, 0.25) is 0 Å². The maximum absolute atomic E-state index is 13.4. The van der Waals surface area contributed by atoms with Gasteiger partial charge in [-0.3, -0.25) is 24.7 Å². The van der Waals surface area contributed by atoms with E-state index in [0.29, 0.717) is 27.2 Å². The van der Waals surface area contributed by atoms with E-state index in [1.54, 1.807) is 26.8 Å². The zero-order chi connectivity index (χ0) is 27.3. The maximum Gasteiger partial charge on any atom is 0.408 e. The lowest BCUT2D eigenvalue weighted by Crippen LogP contribution is -2.39. The van der Waals surface area contributed by atoms with Crippen molar-refractivity contribution in [3.8, 4) is 11.3 Å². The van der Waals surface area contributed by atoms with Gasteiger partial charge in [0.15, 0.2) is 0 Å². The Morgan fingerprint density at radius 1 is 1.08 bits per heavy atom. The standard InChI is InChI=1S/C23H22F6N6O2/c1-12-4-16(13-5-14(7-30-6-13)19(36)31-10-22(24,25)26)33-18-17(12)20(37)35(21(18,2)3)15-8-32-34(9-15)11-23(27,28)29/h4-9,19,31,36H,10-11H2,1-3H3. The fraction of sp³-hybridized carbons (Fsp3) is 0.391. The number of halogens is 6. The van der Waals surface area contributed by atoms with Crippen LogP contribution in [-0.4, -0.2) is 49.7 Å². The third kappa shape index (κ3) is 5.44. The number of hydrogen-bond donors (Lipinski definition) is 2. The molecular weight excluding hydrogens is 506 g/mol. The Kier molecular flexibility index (Phi) is 6.53. The number of nitrogens with zero attached hydrogens (tertiary/aromatic N) is 5. The summed E-state index contributed by atoms with van der Waals surface area (Å²) in [7, 11) is 0. The van der Waals surface area contributed by atoms with Gasteiger partial charge < -0.3 is 5.11 Å². The molecule has 0 spiro atoms. The molecule has 1 atom stereocenters. The third-order valence-corrected chi connectivity index (χ3v) is 5.86. The Morgan fingerprint density at radius 3 is 2.43 bits per heavy atom. The Balaban J connectivity index is 1.67. The highest BCUT2D eigenvalue weighted by Gasteiger charge is 2.47. The smallest absolute Gasteiger partial charge is 0.374 e. The van der Waals surface area contributed by atoms with E-state index in [4.69, 9.17) is 0 Å². The van der Waals surface area contributed by atoms with E-state index in [1.807, 2.05) is 5.32 Å². The van der Waals surface area contributed by atoms with Crippen LogP contribution in [0.15, 0.2) is 36.9 Å². The van der Waals surface area contributed by atoms with E-state index in [1.165, 1.54) is 29.6 Å². The summed E-state index contributed by atoms with van der Waals surface area (Å²) in [5, 5.41) is 15.8. The van der Waals surface area contributed by atoms with Gasteiger partial charge in [0, 0.05) is 29.7 Å². The molecule has 2 N–H and O–H groups in total. The van der Waals surface area contributed by atoms with Crippen LogP contribution in [0.1, 0.15) is 47.3 Å². The Hall–Kier alpha value is -3.52. The van der Waals surface area contributed by atoms with E-state index >= 15 is 0 Å². The average molecular weight is 528 g/mol. The van der Waals surface area contributed by atoms with Gasteiger partial charge in [0.05, 0.1) is 40.9 Å². The third-order valence-electron chi connectivity index (χ3n) is 5.86. The summed E-state index contributed by atoms with van der Waals surface area (Å²) in [6.45, 7) is 2.34. The summed E-state index contributed by atoms with van der Waals surface area (Å²) in [5.41, 5.74) is 1.09. The number of pyridine rings is 2. The summed E-state index contributed by atoms with van der Waals surface area (Å²) in [4.78, 5) is 23.3. The largest absolute Gasteiger partial charge is 0.408 e. The summed E-state index contributed by atoms with van der Waals surface area (Å²) < 4.78 is 76.5. The van der Waals surface area contributed by atoms with Crippen LogP contribution in [0, 0.1) is 6.92 Å². The second-order valence-corrected chi connectivity index (χ2v) is 9.16. The minimum Gasteiger partial charge on any atom is -0.374 e. The molecule has 0 saturated heterocycles. The van der Waals surface area contributed by atoms with Crippen molar-refractivity contribution >= 4 is 11.6 Å². The molecule has 0 radical (unpaired) electrons. The highest BCUT2D eigenvalue weighted by atomic mass is 19.4. The number of fused-ring (bicyclic) bond motifs is 1. The number of amides is 1. The number of aromatic nitrogens is 4. The SMILES string of the molecule is Cc1cc(-c2cncc(C(O)NCC(F)(F)F)c2)nc2c1C(=O)N(c1cnn(CC(F)(F)F)c1)C2(C)C. The molecule has 198 valence electrons. The molecule has 3 aromatic rings. The fourth-order valence-electron chi connectivity index (χ4n) is 4.26. The molecule has 0 aromatic carbocycles. The highest BCUT2D eigenvalue weighted by molar-refractivity contribution is 6.12. The molecule has 1 amide bonds. The lowest BCUT2D eigenvalue weighted by atomic mass is 9.96. The summed E-state index contributed by atoms with van der Waals surface area (Å²) in [5.74, 6) is -0.457. The molecule has 37 heavy (non-hydrogen) atoms. The number of anilines is 1. The molecule has 4 heterocycles. The molecule has 1 aliphatic rings. The highest BCUT2D eigenvalue weighted by Crippen LogP contribution is 2.43. The molecule has 0 bridgehead atoms. The van der Waals surface area contributed by atoms with Crippen LogP contribution in [-0.2, 0) is 12.1 Å². The van der Waals surface area contributed by atoms with Crippen LogP contribution in [0.25, 0.3) is 11.3 Å². The van der Waals surface area contributed by atoms with Crippen molar-refractivity contribution in [3.05, 3.63) is 59.3 Å². The number of rotatable bonds is 6.